The minimum atomic E-state index is -0.659. The Labute approximate surface area is 71.9 Å². The number of hydrogen-bond acceptors (Lipinski definition) is 2. The van der Waals surface area contributed by atoms with Crippen LogP contribution in [0.1, 0.15) is 13.3 Å². The van der Waals surface area contributed by atoms with Crippen LogP contribution in [0.2, 0.25) is 0 Å². The molecule has 1 heterocycles. The number of halogens is 1. The molecule has 2 N–H and O–H groups in total. The summed E-state index contributed by atoms with van der Waals surface area (Å²) >= 11 is 1.91. The molecule has 1 nitrogen and oxygen atoms in total. The summed E-state index contributed by atoms with van der Waals surface area (Å²) in [6.07, 6.45) is 0.0437. The Morgan fingerprint density at radius 1 is 1.55 bits per heavy atom. The highest BCUT2D eigenvalue weighted by Crippen LogP contribution is 2.32. The van der Waals surface area contributed by atoms with Gasteiger partial charge in [0.25, 0.3) is 0 Å². The van der Waals surface area contributed by atoms with Gasteiger partial charge in [-0.1, -0.05) is 0 Å². The highest BCUT2D eigenvalue weighted by atomic mass is 32.2. The van der Waals surface area contributed by atoms with Crippen molar-refractivity contribution in [2.24, 2.45) is 17.6 Å². The number of alkyl halides is 1. The van der Waals surface area contributed by atoms with E-state index in [0.29, 0.717) is 18.3 Å². The van der Waals surface area contributed by atoms with Crippen LogP contribution in [0.15, 0.2) is 0 Å². The Bertz CT molecular complexity index is 119. The first-order chi connectivity index (χ1) is 5.24. The van der Waals surface area contributed by atoms with Gasteiger partial charge in [0.2, 0.25) is 0 Å². The molecule has 1 rings (SSSR count). The molecule has 0 aromatic rings. The lowest BCUT2D eigenvalue weighted by Gasteiger charge is -2.16. The third kappa shape index (κ3) is 2.64. The SMILES string of the molecule is CC(F)CC1CSCC1CN. The van der Waals surface area contributed by atoms with Gasteiger partial charge < -0.3 is 5.73 Å². The molecule has 3 atom stereocenters. The van der Waals surface area contributed by atoms with Crippen LogP contribution < -0.4 is 5.73 Å². The van der Waals surface area contributed by atoms with E-state index in [1.165, 1.54) is 0 Å². The largest absolute Gasteiger partial charge is 0.330 e. The first-order valence-electron chi connectivity index (χ1n) is 4.16. The molecular formula is C8H16FNS. The molecule has 3 unspecified atom stereocenters. The summed E-state index contributed by atoms with van der Waals surface area (Å²) in [7, 11) is 0. The maximum Gasteiger partial charge on any atom is 0.0976 e. The van der Waals surface area contributed by atoms with Crippen molar-refractivity contribution >= 4 is 11.8 Å². The molecule has 0 saturated carbocycles. The van der Waals surface area contributed by atoms with Crippen molar-refractivity contribution in [1.29, 1.82) is 0 Å². The van der Waals surface area contributed by atoms with E-state index < -0.39 is 6.17 Å². The lowest BCUT2D eigenvalue weighted by molar-refractivity contribution is 0.268. The molecule has 66 valence electrons. The van der Waals surface area contributed by atoms with Crippen LogP contribution in [0.25, 0.3) is 0 Å². The zero-order chi connectivity index (χ0) is 8.27. The standard InChI is InChI=1S/C8H16FNS/c1-6(9)2-7-4-11-5-8(7)3-10/h6-8H,2-5,10H2,1H3. The molecule has 0 spiro atoms. The molecule has 3 heteroatoms. The third-order valence-electron chi connectivity index (χ3n) is 2.26. The lowest BCUT2D eigenvalue weighted by Crippen LogP contribution is -2.23. The van der Waals surface area contributed by atoms with Crippen molar-refractivity contribution in [3.63, 3.8) is 0 Å². The predicted molar refractivity (Wildman–Crippen MR) is 48.5 cm³/mol. The van der Waals surface area contributed by atoms with Crippen molar-refractivity contribution in [2.45, 2.75) is 19.5 Å². The minimum absolute atomic E-state index is 0.532. The van der Waals surface area contributed by atoms with Crippen LogP contribution >= 0.6 is 11.8 Å². The van der Waals surface area contributed by atoms with Crippen LogP contribution in [0.3, 0.4) is 0 Å². The van der Waals surface area contributed by atoms with E-state index in [0.717, 1.165) is 18.1 Å². The van der Waals surface area contributed by atoms with E-state index in [2.05, 4.69) is 0 Å². The van der Waals surface area contributed by atoms with Crippen LogP contribution in [-0.4, -0.2) is 24.2 Å². The molecule has 0 amide bonds. The molecule has 1 aliphatic heterocycles. The van der Waals surface area contributed by atoms with Crippen molar-refractivity contribution < 1.29 is 4.39 Å². The Balaban J connectivity index is 2.31. The van der Waals surface area contributed by atoms with Gasteiger partial charge in [0, 0.05) is 0 Å². The minimum Gasteiger partial charge on any atom is -0.330 e. The van der Waals surface area contributed by atoms with Crippen LogP contribution in [0, 0.1) is 11.8 Å². The summed E-state index contributed by atoms with van der Waals surface area (Å²) in [6, 6.07) is 0. The maximum atomic E-state index is 12.6. The summed E-state index contributed by atoms with van der Waals surface area (Å²) in [6.45, 7) is 2.36. The second-order valence-corrected chi connectivity index (χ2v) is 4.38. The van der Waals surface area contributed by atoms with Crippen LogP contribution in [0.5, 0.6) is 0 Å². The molecule has 0 aliphatic carbocycles. The Morgan fingerprint density at radius 3 is 2.73 bits per heavy atom. The third-order valence-corrected chi connectivity index (χ3v) is 3.59. The molecule has 1 saturated heterocycles. The molecule has 0 bridgehead atoms. The number of hydrogen-bond donors (Lipinski definition) is 1. The first kappa shape index (κ1) is 9.33. The summed E-state index contributed by atoms with van der Waals surface area (Å²) in [5.74, 6) is 3.34. The fourth-order valence-electron chi connectivity index (χ4n) is 1.58. The highest BCUT2D eigenvalue weighted by Gasteiger charge is 2.27. The summed E-state index contributed by atoms with van der Waals surface area (Å²) in [5.41, 5.74) is 5.56. The quantitative estimate of drug-likeness (QED) is 0.709. The average molecular weight is 177 g/mol. The van der Waals surface area contributed by atoms with E-state index >= 15 is 0 Å². The smallest absolute Gasteiger partial charge is 0.0976 e. The van der Waals surface area contributed by atoms with Gasteiger partial charge in [-0.3, -0.25) is 0 Å². The zero-order valence-electron chi connectivity index (χ0n) is 6.92. The van der Waals surface area contributed by atoms with Gasteiger partial charge in [0.15, 0.2) is 0 Å². The number of thioether (sulfide) groups is 1. The fraction of sp³-hybridized carbons (Fsp3) is 1.00. The molecule has 0 aromatic heterocycles. The molecule has 1 fully saturated rings. The van der Waals surface area contributed by atoms with Gasteiger partial charge in [-0.15, -0.1) is 0 Å². The molecule has 0 aromatic carbocycles. The van der Waals surface area contributed by atoms with Gasteiger partial charge in [-0.25, -0.2) is 4.39 Å². The van der Waals surface area contributed by atoms with Gasteiger partial charge in [0.05, 0.1) is 6.17 Å². The average Bonchev–Trinajstić information content (AvgIpc) is 2.34. The van der Waals surface area contributed by atoms with Gasteiger partial charge >= 0.3 is 0 Å². The van der Waals surface area contributed by atoms with E-state index in [9.17, 15) is 4.39 Å². The van der Waals surface area contributed by atoms with E-state index in [-0.39, 0.29) is 0 Å². The topological polar surface area (TPSA) is 26.0 Å². The molecule has 11 heavy (non-hydrogen) atoms. The maximum absolute atomic E-state index is 12.6. The fourth-order valence-corrected chi connectivity index (χ4v) is 3.14. The van der Waals surface area contributed by atoms with E-state index in [4.69, 9.17) is 5.73 Å². The first-order valence-corrected chi connectivity index (χ1v) is 5.31. The predicted octanol–water partition coefficient (Wildman–Crippen LogP) is 1.67. The summed E-state index contributed by atoms with van der Waals surface area (Å²) < 4.78 is 12.6. The number of rotatable bonds is 3. The van der Waals surface area contributed by atoms with Gasteiger partial charge in [0.1, 0.15) is 0 Å². The monoisotopic (exact) mass is 177 g/mol. The second kappa shape index (κ2) is 4.31. The van der Waals surface area contributed by atoms with Crippen molar-refractivity contribution in [3.05, 3.63) is 0 Å². The Hall–Kier alpha value is 0.240. The van der Waals surface area contributed by atoms with E-state index in [1.54, 1.807) is 6.92 Å². The lowest BCUT2D eigenvalue weighted by atomic mass is 9.91. The number of nitrogens with two attached hydrogens (primary N) is 1. The molecule has 0 radical (unpaired) electrons. The van der Waals surface area contributed by atoms with Crippen LogP contribution in [-0.2, 0) is 0 Å². The normalized spacial score (nSPS) is 34.1. The summed E-state index contributed by atoms with van der Waals surface area (Å²) in [5, 5.41) is 0. The van der Waals surface area contributed by atoms with Crippen LogP contribution in [0.4, 0.5) is 4.39 Å². The molecular weight excluding hydrogens is 161 g/mol. The second-order valence-electron chi connectivity index (χ2n) is 3.31. The van der Waals surface area contributed by atoms with Crippen molar-refractivity contribution in [3.8, 4) is 0 Å². The van der Waals surface area contributed by atoms with Crippen molar-refractivity contribution in [2.75, 3.05) is 18.1 Å². The molecule has 1 aliphatic rings. The highest BCUT2D eigenvalue weighted by molar-refractivity contribution is 7.99. The van der Waals surface area contributed by atoms with Gasteiger partial charge in [-0.05, 0) is 43.2 Å². The Kier molecular flexibility index (Phi) is 3.66. The summed E-state index contributed by atoms with van der Waals surface area (Å²) in [4.78, 5) is 0. The van der Waals surface area contributed by atoms with Crippen molar-refractivity contribution in [1.82, 2.24) is 0 Å². The van der Waals surface area contributed by atoms with E-state index in [1.807, 2.05) is 11.8 Å². The Morgan fingerprint density at radius 2 is 2.18 bits per heavy atom. The van der Waals surface area contributed by atoms with Gasteiger partial charge in [-0.2, -0.15) is 11.8 Å². The zero-order valence-corrected chi connectivity index (χ0v) is 7.74.